The molecule has 2 bridgehead atoms. The van der Waals surface area contributed by atoms with Gasteiger partial charge >= 0.3 is 12.1 Å². The van der Waals surface area contributed by atoms with Gasteiger partial charge in [-0.05, 0) is 105 Å². The van der Waals surface area contributed by atoms with E-state index in [1.807, 2.05) is 6.07 Å². The third-order valence-electron chi connectivity index (χ3n) is 16.5. The van der Waals surface area contributed by atoms with Crippen molar-refractivity contribution >= 4 is 57.2 Å². The summed E-state index contributed by atoms with van der Waals surface area (Å²) < 4.78 is 44.9. The number of nitrogens with one attached hydrogen (secondary N) is 2. The van der Waals surface area contributed by atoms with Crippen LogP contribution in [0, 0.1) is 29.9 Å². The molecule has 4 unspecified atom stereocenters. The Bertz CT molecular complexity index is 3230. The first kappa shape index (κ1) is 50.8. The van der Waals surface area contributed by atoms with E-state index in [1.165, 1.54) is 30.5 Å². The largest absolute Gasteiger partial charge is 0.508 e. The van der Waals surface area contributed by atoms with Crippen molar-refractivity contribution in [3.63, 3.8) is 0 Å². The molecule has 396 valence electrons. The van der Waals surface area contributed by atoms with Crippen LogP contribution in [0.15, 0.2) is 48.7 Å². The molecular weight excluding hydrogens is 977 g/mol. The fourth-order valence-electron chi connectivity index (χ4n) is 12.8. The van der Waals surface area contributed by atoms with Gasteiger partial charge in [-0.15, -0.1) is 6.42 Å². The zero-order chi connectivity index (χ0) is 53.0. The van der Waals surface area contributed by atoms with E-state index in [2.05, 4.69) is 38.3 Å². The summed E-state index contributed by atoms with van der Waals surface area (Å²) >= 11 is 0. The maximum atomic E-state index is 17.3. The number of ether oxygens (including phenoxy) is 2. The Hall–Kier alpha value is -7.30. The minimum atomic E-state index is -0.995. The predicted octanol–water partition coefficient (Wildman–Crippen LogP) is 7.04. The van der Waals surface area contributed by atoms with Gasteiger partial charge in [0.2, 0.25) is 11.8 Å². The number of hydrogen-bond acceptors (Lipinski definition) is 14. The lowest BCUT2D eigenvalue weighted by molar-refractivity contribution is -0.136. The quantitative estimate of drug-likeness (QED) is 0.0517. The number of rotatable bonds is 16. The number of piperidine rings is 1. The van der Waals surface area contributed by atoms with Gasteiger partial charge in [-0.1, -0.05) is 44.2 Å². The Kier molecular flexibility index (Phi) is 13.8. The van der Waals surface area contributed by atoms with Crippen LogP contribution < -0.4 is 20.3 Å². The first-order valence-corrected chi connectivity index (χ1v) is 26.6. The molecule has 5 amide bonds. The van der Waals surface area contributed by atoms with Gasteiger partial charge in [0.1, 0.15) is 47.9 Å². The first-order valence-electron chi connectivity index (χ1n) is 26.6. The number of aromatic hydroxyl groups is 1. The molecular formula is C57H61F2N9O8. The second kappa shape index (κ2) is 20.7. The number of unbranched alkanes of at least 4 members (excludes halogenated alkanes) is 4. The number of phenols is 1. The molecule has 6 atom stereocenters. The van der Waals surface area contributed by atoms with E-state index < -0.39 is 41.3 Å². The van der Waals surface area contributed by atoms with Gasteiger partial charge in [-0.2, -0.15) is 9.97 Å². The number of piperazine rings is 1. The second-order valence-electron chi connectivity index (χ2n) is 21.7. The summed E-state index contributed by atoms with van der Waals surface area (Å²) in [6.07, 6.45) is 16.8. The third-order valence-corrected chi connectivity index (χ3v) is 16.5. The maximum Gasteiger partial charge on any atom is 0.409 e. The van der Waals surface area contributed by atoms with Crippen molar-refractivity contribution in [1.29, 1.82) is 0 Å². The van der Waals surface area contributed by atoms with Gasteiger partial charge in [-0.25, -0.2) is 13.6 Å². The summed E-state index contributed by atoms with van der Waals surface area (Å²) in [4.78, 5) is 85.0. The highest BCUT2D eigenvalue weighted by atomic mass is 19.1. The van der Waals surface area contributed by atoms with Crippen LogP contribution in [0.2, 0.25) is 0 Å². The summed E-state index contributed by atoms with van der Waals surface area (Å²) in [5.41, 5.74) is 0.998. The van der Waals surface area contributed by atoms with Crippen molar-refractivity contribution in [2.75, 3.05) is 51.3 Å². The summed E-state index contributed by atoms with van der Waals surface area (Å²) in [7, 11) is 1.75. The zero-order valence-electron chi connectivity index (χ0n) is 42.7. The standard InChI is InChI=1S/C57H61F2N9O8/c1-4-39-44(58)16-12-34-23-38(69)24-42(47(34)39)49-48(59)50-43(26-60-49)51(66-28-35-13-14-36(29-66)61-35)64-55(63-50)76-31-57-20-19-37(67(57)27-32(2)25-57)30-75-56(74)65(3)21-9-7-5-6-8-10-33-11-15-40-41(22-33)54(73)68(53(40)72)45-17-18-46(70)62-52(45)71/h1,11-12,15-16,22-24,26,32,35-37,45,61,69H,5-10,13-14,17-21,25,27-31H2,2-3H3,(H,62,70,71)/t32?,35?,36?,37-,45?,57-/m0/s1. The Morgan fingerprint density at radius 2 is 1.71 bits per heavy atom. The average molecular weight is 1040 g/mol. The fraction of sp³-hybridized carbons (Fsp3) is 0.474. The van der Waals surface area contributed by atoms with Gasteiger partial charge in [-0.3, -0.25) is 39.3 Å². The molecule has 3 aromatic carbocycles. The summed E-state index contributed by atoms with van der Waals surface area (Å²) in [5.74, 6) is -0.407. The van der Waals surface area contributed by atoms with Crippen LogP contribution in [0.25, 0.3) is 32.9 Å². The van der Waals surface area contributed by atoms with E-state index in [9.17, 15) is 29.1 Å². The minimum absolute atomic E-state index is 0.0167. The molecule has 2 aromatic heterocycles. The molecule has 5 aromatic rings. The SMILES string of the molecule is C#Cc1c(F)ccc2cc(O)cc(-c3ncc4c(N5CC6CCC(C5)N6)nc(OC[C@@]56CC[C@@H](COC(=O)N(C)CCCCCCCc7ccc8c(c7)C(=O)N(C7CCC(=O)NC7=O)C8=O)N5CC(C)C6)nc4c3F)c12. The molecule has 11 rings (SSSR count). The highest BCUT2D eigenvalue weighted by Crippen LogP contribution is 2.46. The van der Waals surface area contributed by atoms with E-state index in [0.717, 1.165) is 87.6 Å². The topological polar surface area (TPSA) is 200 Å². The van der Waals surface area contributed by atoms with Crippen LogP contribution in [0.5, 0.6) is 11.8 Å². The van der Waals surface area contributed by atoms with Crippen LogP contribution in [0.3, 0.4) is 0 Å². The van der Waals surface area contributed by atoms with Crippen molar-refractivity contribution in [2.45, 2.75) is 120 Å². The van der Waals surface area contributed by atoms with Crippen LogP contribution in [-0.2, 0) is 20.7 Å². The number of pyridine rings is 1. The van der Waals surface area contributed by atoms with Crippen molar-refractivity contribution < 1.29 is 47.3 Å². The Morgan fingerprint density at radius 3 is 2.50 bits per heavy atom. The lowest BCUT2D eigenvalue weighted by Crippen LogP contribution is -2.54. The molecule has 5 fully saturated rings. The van der Waals surface area contributed by atoms with Crippen molar-refractivity contribution in [3.8, 4) is 35.4 Å². The van der Waals surface area contributed by atoms with Gasteiger partial charge < -0.3 is 29.7 Å². The number of aromatic nitrogens is 3. The van der Waals surface area contributed by atoms with Crippen LogP contribution >= 0.6 is 0 Å². The molecule has 0 aliphatic carbocycles. The number of phenolic OH excluding ortho intramolecular Hbond substituents is 1. The van der Waals surface area contributed by atoms with E-state index in [0.29, 0.717) is 42.1 Å². The first-order chi connectivity index (χ1) is 36.7. The van der Waals surface area contributed by atoms with Crippen molar-refractivity contribution in [3.05, 3.63) is 82.5 Å². The number of nitrogens with zero attached hydrogens (tertiary/aromatic N) is 7. The molecule has 17 nitrogen and oxygen atoms in total. The van der Waals surface area contributed by atoms with Crippen molar-refractivity contribution in [1.82, 2.24) is 40.3 Å². The molecule has 76 heavy (non-hydrogen) atoms. The summed E-state index contributed by atoms with van der Waals surface area (Å²) in [5, 5.41) is 17.7. The normalized spacial score (nSPS) is 24.1. The third kappa shape index (κ3) is 9.54. The number of benzene rings is 3. The number of fused-ring (bicyclic) bond motifs is 6. The Morgan fingerprint density at radius 1 is 0.934 bits per heavy atom. The number of amides is 5. The molecule has 0 spiro atoms. The number of imide groups is 2. The molecule has 19 heteroatoms. The predicted molar refractivity (Wildman–Crippen MR) is 278 cm³/mol. The Labute approximate surface area is 438 Å². The molecule has 8 heterocycles. The summed E-state index contributed by atoms with van der Waals surface area (Å²) in [6, 6.07) is 10.2. The van der Waals surface area contributed by atoms with E-state index in [1.54, 1.807) is 24.1 Å². The Balaban J connectivity index is 0.697. The van der Waals surface area contributed by atoms with E-state index >= 15 is 8.78 Å². The lowest BCUT2D eigenvalue weighted by atomic mass is 9.91. The number of carbonyl (C=O) groups is 5. The number of terminal acetylenes is 1. The number of anilines is 1. The highest BCUT2D eigenvalue weighted by Gasteiger charge is 2.53. The second-order valence-corrected chi connectivity index (χ2v) is 21.7. The van der Waals surface area contributed by atoms with Gasteiger partial charge in [0.05, 0.1) is 27.6 Å². The maximum absolute atomic E-state index is 17.3. The lowest BCUT2D eigenvalue weighted by Gasteiger charge is -2.35. The highest BCUT2D eigenvalue weighted by molar-refractivity contribution is 6.23. The molecule has 0 saturated carbocycles. The fourth-order valence-corrected chi connectivity index (χ4v) is 12.8. The van der Waals surface area contributed by atoms with E-state index in [-0.39, 0.29) is 106 Å². The van der Waals surface area contributed by atoms with Crippen LogP contribution in [-0.4, -0.2) is 141 Å². The van der Waals surface area contributed by atoms with Gasteiger partial charge in [0.25, 0.3) is 11.8 Å². The summed E-state index contributed by atoms with van der Waals surface area (Å²) in [6.45, 7) is 5.32. The van der Waals surface area contributed by atoms with Crippen LogP contribution in [0.1, 0.15) is 116 Å². The number of carbonyl (C=O) groups excluding carboxylic acids is 5. The zero-order valence-corrected chi connectivity index (χ0v) is 42.7. The molecule has 3 N–H and O–H groups in total. The monoisotopic (exact) mass is 1040 g/mol. The minimum Gasteiger partial charge on any atom is -0.508 e. The molecule has 5 saturated heterocycles. The number of hydrogen-bond donors (Lipinski definition) is 3. The number of aryl methyl sites for hydroxylation is 1. The van der Waals surface area contributed by atoms with Crippen molar-refractivity contribution in [2.24, 2.45) is 5.92 Å². The van der Waals surface area contributed by atoms with Crippen LogP contribution in [0.4, 0.5) is 19.4 Å². The van der Waals surface area contributed by atoms with E-state index in [4.69, 9.17) is 25.9 Å². The molecule has 0 radical (unpaired) electrons. The molecule has 6 aliphatic heterocycles. The average Bonchev–Trinajstić information content (AvgIpc) is 4.11. The van der Waals surface area contributed by atoms with Gasteiger partial charge in [0.15, 0.2) is 5.82 Å². The number of halogens is 2. The smallest absolute Gasteiger partial charge is 0.409 e. The van der Waals surface area contributed by atoms with Gasteiger partial charge in [0, 0.05) is 74.9 Å². The molecule has 6 aliphatic rings.